The van der Waals surface area contributed by atoms with Gasteiger partial charge in [-0.3, -0.25) is 9.59 Å². The number of nitrogens with zero attached hydrogens (tertiary/aromatic N) is 1. The highest BCUT2D eigenvalue weighted by Crippen LogP contribution is 2.26. The number of carbonyl (C=O) groups excluding carboxylic acids is 2. The van der Waals surface area contributed by atoms with Crippen LogP contribution in [-0.4, -0.2) is 35.8 Å². The van der Waals surface area contributed by atoms with Gasteiger partial charge < -0.3 is 16.4 Å². The zero-order chi connectivity index (χ0) is 14.4. The van der Waals surface area contributed by atoms with E-state index in [0.717, 1.165) is 25.7 Å². The fourth-order valence-electron chi connectivity index (χ4n) is 2.73. The zero-order valence-corrected chi connectivity index (χ0v) is 12.1. The van der Waals surface area contributed by atoms with Gasteiger partial charge in [-0.05, 0) is 24.7 Å². The lowest BCUT2D eigenvalue weighted by Crippen LogP contribution is -2.43. The van der Waals surface area contributed by atoms with Gasteiger partial charge in [0.15, 0.2) is 0 Å². The molecular formula is C14H27N3O2. The average Bonchev–Trinajstić information content (AvgIpc) is 2.30. The van der Waals surface area contributed by atoms with Gasteiger partial charge in [-0.2, -0.15) is 0 Å². The predicted octanol–water partition coefficient (Wildman–Crippen LogP) is 0.864. The first-order chi connectivity index (χ1) is 8.90. The van der Waals surface area contributed by atoms with Crippen LogP contribution in [0.15, 0.2) is 0 Å². The van der Waals surface area contributed by atoms with Crippen molar-refractivity contribution in [2.75, 3.05) is 13.1 Å². The van der Waals surface area contributed by atoms with Crippen LogP contribution in [0.3, 0.4) is 0 Å². The van der Waals surface area contributed by atoms with Crippen molar-refractivity contribution in [1.29, 1.82) is 0 Å². The first kappa shape index (κ1) is 16.0. The van der Waals surface area contributed by atoms with E-state index in [2.05, 4.69) is 0 Å². The fourth-order valence-corrected chi connectivity index (χ4v) is 2.73. The third-order valence-corrected chi connectivity index (χ3v) is 3.69. The molecule has 2 atom stereocenters. The molecule has 5 nitrogen and oxygen atoms in total. The summed E-state index contributed by atoms with van der Waals surface area (Å²) in [6.45, 7) is 4.63. The molecule has 0 bridgehead atoms. The maximum atomic E-state index is 12.3. The van der Waals surface area contributed by atoms with Crippen LogP contribution in [0.25, 0.3) is 0 Å². The monoisotopic (exact) mass is 269 g/mol. The Morgan fingerprint density at radius 2 is 1.89 bits per heavy atom. The van der Waals surface area contributed by atoms with Crippen LogP contribution >= 0.6 is 0 Å². The molecule has 2 amide bonds. The molecule has 4 N–H and O–H groups in total. The van der Waals surface area contributed by atoms with Crippen LogP contribution in [0.5, 0.6) is 0 Å². The van der Waals surface area contributed by atoms with Crippen molar-refractivity contribution in [3.8, 4) is 0 Å². The Labute approximate surface area is 115 Å². The minimum absolute atomic E-state index is 0.00912. The van der Waals surface area contributed by atoms with E-state index < -0.39 is 5.91 Å². The van der Waals surface area contributed by atoms with Crippen molar-refractivity contribution >= 4 is 11.8 Å². The summed E-state index contributed by atoms with van der Waals surface area (Å²) in [6, 6.07) is 0.118. The summed E-state index contributed by atoms with van der Waals surface area (Å²) in [5, 5.41) is 0. The first-order valence-electron chi connectivity index (χ1n) is 7.21. The molecule has 1 fully saturated rings. The molecule has 0 aliphatic heterocycles. The Kier molecular flexibility index (Phi) is 6.28. The number of carbonyl (C=O) groups is 2. The minimum Gasteiger partial charge on any atom is -0.368 e. The second kappa shape index (κ2) is 7.48. The summed E-state index contributed by atoms with van der Waals surface area (Å²) in [7, 11) is 0. The summed E-state index contributed by atoms with van der Waals surface area (Å²) in [6.07, 6.45) is 4.76. The second-order valence-electron chi connectivity index (χ2n) is 6.05. The number of nitrogens with two attached hydrogens (primary N) is 2. The van der Waals surface area contributed by atoms with Gasteiger partial charge in [0.2, 0.25) is 11.8 Å². The Morgan fingerprint density at radius 3 is 2.42 bits per heavy atom. The fraction of sp³-hybridized carbons (Fsp3) is 0.857. The van der Waals surface area contributed by atoms with Crippen LogP contribution in [-0.2, 0) is 9.59 Å². The highest BCUT2D eigenvalue weighted by molar-refractivity contribution is 5.84. The Bertz CT molecular complexity index is 318. The van der Waals surface area contributed by atoms with Gasteiger partial charge in [-0.15, -0.1) is 0 Å². The molecule has 0 heterocycles. The van der Waals surface area contributed by atoms with Crippen LogP contribution in [0.1, 0.15) is 46.0 Å². The SMILES string of the molecule is CC(C)CN(CC(N)=O)C(=O)CC1CCCCC1N. The van der Waals surface area contributed by atoms with Gasteiger partial charge in [-0.25, -0.2) is 0 Å². The second-order valence-corrected chi connectivity index (χ2v) is 6.05. The third-order valence-electron chi connectivity index (χ3n) is 3.69. The highest BCUT2D eigenvalue weighted by atomic mass is 16.2. The van der Waals surface area contributed by atoms with E-state index in [1.807, 2.05) is 13.8 Å². The molecule has 1 rings (SSSR count). The summed E-state index contributed by atoms with van der Waals surface area (Å²) < 4.78 is 0. The number of rotatable bonds is 6. The number of hydrogen-bond donors (Lipinski definition) is 2. The summed E-state index contributed by atoms with van der Waals surface area (Å²) >= 11 is 0. The lowest BCUT2D eigenvalue weighted by molar-refractivity contribution is -0.136. The molecule has 0 radical (unpaired) electrons. The van der Waals surface area contributed by atoms with Crippen LogP contribution in [0.4, 0.5) is 0 Å². The Morgan fingerprint density at radius 1 is 1.26 bits per heavy atom. The highest BCUT2D eigenvalue weighted by Gasteiger charge is 2.27. The molecule has 1 aliphatic rings. The van der Waals surface area contributed by atoms with E-state index in [0.29, 0.717) is 18.9 Å². The Balaban J connectivity index is 2.57. The van der Waals surface area contributed by atoms with Crippen molar-refractivity contribution in [2.45, 2.75) is 52.0 Å². The van der Waals surface area contributed by atoms with Crippen molar-refractivity contribution in [3.05, 3.63) is 0 Å². The normalized spacial score (nSPS) is 23.4. The molecule has 19 heavy (non-hydrogen) atoms. The summed E-state index contributed by atoms with van der Waals surface area (Å²) in [5.74, 6) is 0.129. The molecule has 0 aromatic carbocycles. The van der Waals surface area contributed by atoms with E-state index in [4.69, 9.17) is 11.5 Å². The number of amides is 2. The van der Waals surface area contributed by atoms with Crippen molar-refractivity contribution in [3.63, 3.8) is 0 Å². The smallest absolute Gasteiger partial charge is 0.237 e. The number of primary amides is 1. The van der Waals surface area contributed by atoms with Gasteiger partial charge >= 0.3 is 0 Å². The van der Waals surface area contributed by atoms with Crippen LogP contribution in [0.2, 0.25) is 0 Å². The molecule has 0 saturated heterocycles. The van der Waals surface area contributed by atoms with E-state index in [1.165, 1.54) is 0 Å². The van der Waals surface area contributed by atoms with E-state index >= 15 is 0 Å². The van der Waals surface area contributed by atoms with E-state index in [1.54, 1.807) is 4.90 Å². The molecule has 1 saturated carbocycles. The number of hydrogen-bond acceptors (Lipinski definition) is 3. The van der Waals surface area contributed by atoms with Crippen molar-refractivity contribution < 1.29 is 9.59 Å². The molecular weight excluding hydrogens is 242 g/mol. The quantitative estimate of drug-likeness (QED) is 0.749. The molecule has 0 aromatic heterocycles. The summed E-state index contributed by atoms with van der Waals surface area (Å²) in [4.78, 5) is 24.9. The maximum absolute atomic E-state index is 12.3. The van der Waals surface area contributed by atoms with Gasteiger partial charge in [0.25, 0.3) is 0 Å². The zero-order valence-electron chi connectivity index (χ0n) is 12.1. The maximum Gasteiger partial charge on any atom is 0.237 e. The predicted molar refractivity (Wildman–Crippen MR) is 75.2 cm³/mol. The molecule has 0 aromatic rings. The van der Waals surface area contributed by atoms with E-state index in [-0.39, 0.29) is 24.4 Å². The molecule has 110 valence electrons. The lowest BCUT2D eigenvalue weighted by Gasteiger charge is -2.31. The topological polar surface area (TPSA) is 89.4 Å². The van der Waals surface area contributed by atoms with Crippen LogP contribution in [0, 0.1) is 11.8 Å². The van der Waals surface area contributed by atoms with Crippen LogP contribution < -0.4 is 11.5 Å². The molecule has 1 aliphatic carbocycles. The van der Waals surface area contributed by atoms with E-state index in [9.17, 15) is 9.59 Å². The molecule has 5 heteroatoms. The standard InChI is InChI=1S/C14H27N3O2/c1-10(2)8-17(9-13(16)18)14(19)7-11-5-3-4-6-12(11)15/h10-12H,3-9,15H2,1-2H3,(H2,16,18). The first-order valence-corrected chi connectivity index (χ1v) is 7.21. The third kappa shape index (κ3) is 5.59. The van der Waals surface area contributed by atoms with Gasteiger partial charge in [-0.1, -0.05) is 26.7 Å². The largest absolute Gasteiger partial charge is 0.368 e. The van der Waals surface area contributed by atoms with Gasteiger partial charge in [0, 0.05) is 19.0 Å². The Hall–Kier alpha value is -1.10. The molecule has 2 unspecified atom stereocenters. The minimum atomic E-state index is -0.457. The van der Waals surface area contributed by atoms with Gasteiger partial charge in [0.05, 0.1) is 6.54 Å². The summed E-state index contributed by atoms with van der Waals surface area (Å²) in [5.41, 5.74) is 11.3. The lowest BCUT2D eigenvalue weighted by atomic mass is 9.82. The van der Waals surface area contributed by atoms with Crippen molar-refractivity contribution in [1.82, 2.24) is 4.90 Å². The van der Waals surface area contributed by atoms with Gasteiger partial charge in [0.1, 0.15) is 0 Å². The molecule has 0 spiro atoms. The average molecular weight is 269 g/mol. The van der Waals surface area contributed by atoms with Crippen molar-refractivity contribution in [2.24, 2.45) is 23.3 Å².